The Balaban J connectivity index is 1.51. The molecule has 1 aliphatic carbocycles. The van der Waals surface area contributed by atoms with Crippen LogP contribution in [-0.2, 0) is 17.6 Å². The number of hydrogen-bond acceptors (Lipinski definition) is 3. The largest absolute Gasteiger partial charge is 0.454 e. The zero-order chi connectivity index (χ0) is 16.5. The summed E-state index contributed by atoms with van der Waals surface area (Å²) in [6, 6.07) is 14.4. The summed E-state index contributed by atoms with van der Waals surface area (Å²) in [4.78, 5) is 14.7. The van der Waals surface area contributed by atoms with Crippen LogP contribution in [0.2, 0.25) is 0 Å². The quantitative estimate of drug-likeness (QED) is 0.868. The van der Waals surface area contributed by atoms with Crippen LogP contribution in [0, 0.1) is 0 Å². The lowest BCUT2D eigenvalue weighted by Crippen LogP contribution is -2.34. The summed E-state index contributed by atoms with van der Waals surface area (Å²) in [6.07, 6.45) is 3.65. The Morgan fingerprint density at radius 2 is 2.00 bits per heavy atom. The molecular formula is C20H21NO3. The Morgan fingerprint density at radius 1 is 1.17 bits per heavy atom. The van der Waals surface area contributed by atoms with E-state index >= 15 is 0 Å². The van der Waals surface area contributed by atoms with Crippen molar-refractivity contribution in [3.05, 3.63) is 59.2 Å². The number of rotatable bonds is 3. The predicted octanol–water partition coefficient (Wildman–Crippen LogP) is 3.49. The molecule has 0 radical (unpaired) electrons. The Bertz CT molecular complexity index is 771. The van der Waals surface area contributed by atoms with Crippen molar-refractivity contribution in [2.75, 3.05) is 13.8 Å². The first-order chi connectivity index (χ1) is 11.7. The maximum atomic E-state index is 12.8. The fraction of sp³-hybridized carbons (Fsp3) is 0.350. The first-order valence-electron chi connectivity index (χ1n) is 8.44. The van der Waals surface area contributed by atoms with Crippen molar-refractivity contribution in [1.82, 2.24) is 4.90 Å². The van der Waals surface area contributed by atoms with Gasteiger partial charge in [0.2, 0.25) is 12.7 Å². The molecule has 0 bridgehead atoms. The van der Waals surface area contributed by atoms with Crippen LogP contribution in [0.4, 0.5) is 0 Å². The molecule has 0 saturated carbocycles. The first kappa shape index (κ1) is 15.1. The van der Waals surface area contributed by atoms with Crippen molar-refractivity contribution in [2.45, 2.75) is 31.7 Å². The van der Waals surface area contributed by atoms with E-state index in [0.29, 0.717) is 6.42 Å². The van der Waals surface area contributed by atoms with E-state index in [-0.39, 0.29) is 18.7 Å². The molecule has 4 rings (SSSR count). The SMILES string of the molecule is CN(C(=O)Cc1ccc2c(c1)OCO2)[C@@H]1CCCc2ccccc21. The average molecular weight is 323 g/mol. The number of likely N-dealkylation sites (N-methyl/N-ethyl adjacent to an activating group) is 1. The van der Waals surface area contributed by atoms with E-state index in [1.54, 1.807) is 0 Å². The van der Waals surface area contributed by atoms with Gasteiger partial charge in [0.15, 0.2) is 11.5 Å². The highest BCUT2D eigenvalue weighted by atomic mass is 16.7. The van der Waals surface area contributed by atoms with E-state index in [4.69, 9.17) is 9.47 Å². The van der Waals surface area contributed by atoms with Crippen LogP contribution in [0.15, 0.2) is 42.5 Å². The third-order valence-electron chi connectivity index (χ3n) is 4.99. The minimum atomic E-state index is 0.135. The van der Waals surface area contributed by atoms with Crippen molar-refractivity contribution >= 4 is 5.91 Å². The van der Waals surface area contributed by atoms with E-state index < -0.39 is 0 Å². The molecule has 1 atom stereocenters. The summed E-state index contributed by atoms with van der Waals surface area (Å²) in [5.74, 6) is 1.61. The second-order valence-corrected chi connectivity index (χ2v) is 6.48. The summed E-state index contributed by atoms with van der Waals surface area (Å²) in [5, 5.41) is 0. The van der Waals surface area contributed by atoms with Crippen LogP contribution in [0.25, 0.3) is 0 Å². The summed E-state index contributed by atoms with van der Waals surface area (Å²) in [5.41, 5.74) is 3.63. The highest BCUT2D eigenvalue weighted by Gasteiger charge is 2.26. The Hall–Kier alpha value is -2.49. The Kier molecular flexibility index (Phi) is 3.89. The summed E-state index contributed by atoms with van der Waals surface area (Å²) in [6.45, 7) is 0.255. The van der Waals surface area contributed by atoms with Crippen molar-refractivity contribution in [1.29, 1.82) is 0 Å². The van der Waals surface area contributed by atoms with Gasteiger partial charge in [0.25, 0.3) is 0 Å². The molecule has 2 aromatic rings. The summed E-state index contributed by atoms with van der Waals surface area (Å²) < 4.78 is 10.7. The highest BCUT2D eigenvalue weighted by molar-refractivity contribution is 5.79. The van der Waals surface area contributed by atoms with Gasteiger partial charge in [-0.1, -0.05) is 30.3 Å². The van der Waals surface area contributed by atoms with Crippen molar-refractivity contribution in [3.8, 4) is 11.5 Å². The van der Waals surface area contributed by atoms with Crippen LogP contribution in [0.3, 0.4) is 0 Å². The van der Waals surface area contributed by atoms with Crippen LogP contribution in [-0.4, -0.2) is 24.6 Å². The molecule has 0 aromatic heterocycles. The monoisotopic (exact) mass is 323 g/mol. The molecule has 1 heterocycles. The van der Waals surface area contributed by atoms with Crippen LogP contribution < -0.4 is 9.47 Å². The number of amides is 1. The molecule has 1 amide bonds. The molecule has 4 nitrogen and oxygen atoms in total. The van der Waals surface area contributed by atoms with Gasteiger partial charge < -0.3 is 14.4 Å². The van der Waals surface area contributed by atoms with Gasteiger partial charge in [-0.2, -0.15) is 0 Å². The molecule has 124 valence electrons. The number of nitrogens with zero attached hydrogens (tertiary/aromatic N) is 1. The molecule has 0 saturated heterocycles. The molecule has 0 N–H and O–H groups in total. The molecule has 1 aliphatic heterocycles. The minimum absolute atomic E-state index is 0.135. The number of carbonyl (C=O) groups excluding carboxylic acids is 1. The lowest BCUT2D eigenvalue weighted by atomic mass is 9.87. The number of benzene rings is 2. The molecule has 0 fully saturated rings. The van der Waals surface area contributed by atoms with Crippen molar-refractivity contribution in [3.63, 3.8) is 0 Å². The van der Waals surface area contributed by atoms with Crippen LogP contribution in [0.1, 0.15) is 35.6 Å². The number of fused-ring (bicyclic) bond motifs is 2. The van der Waals surface area contributed by atoms with Crippen LogP contribution >= 0.6 is 0 Å². The second-order valence-electron chi connectivity index (χ2n) is 6.48. The van der Waals surface area contributed by atoms with Crippen LogP contribution in [0.5, 0.6) is 11.5 Å². The van der Waals surface area contributed by atoms with Gasteiger partial charge in [0.1, 0.15) is 0 Å². The molecule has 2 aliphatic rings. The summed E-state index contributed by atoms with van der Waals surface area (Å²) in [7, 11) is 1.92. The smallest absolute Gasteiger partial charge is 0.231 e. The lowest BCUT2D eigenvalue weighted by molar-refractivity contribution is -0.131. The van der Waals surface area contributed by atoms with Gasteiger partial charge in [-0.3, -0.25) is 4.79 Å². The minimum Gasteiger partial charge on any atom is -0.454 e. The maximum absolute atomic E-state index is 12.8. The zero-order valence-corrected chi connectivity index (χ0v) is 13.8. The predicted molar refractivity (Wildman–Crippen MR) is 91.2 cm³/mol. The fourth-order valence-corrected chi connectivity index (χ4v) is 3.65. The standard InChI is InChI=1S/C20H21NO3/c1-21(17-8-4-6-15-5-2-3-7-16(15)17)20(22)12-14-9-10-18-19(11-14)24-13-23-18/h2-3,5,7,9-11,17H,4,6,8,12-13H2,1H3/t17-/m1/s1. The Labute approximate surface area is 142 Å². The van der Waals surface area contributed by atoms with Gasteiger partial charge in [-0.05, 0) is 48.1 Å². The van der Waals surface area contributed by atoms with E-state index in [1.165, 1.54) is 11.1 Å². The normalized spacial score (nSPS) is 18.1. The fourth-order valence-electron chi connectivity index (χ4n) is 3.65. The topological polar surface area (TPSA) is 38.8 Å². The van der Waals surface area contributed by atoms with Gasteiger partial charge in [-0.15, -0.1) is 0 Å². The van der Waals surface area contributed by atoms with Crippen molar-refractivity contribution < 1.29 is 14.3 Å². The van der Waals surface area contributed by atoms with E-state index in [1.807, 2.05) is 30.1 Å². The molecule has 2 aromatic carbocycles. The van der Waals surface area contributed by atoms with Gasteiger partial charge >= 0.3 is 0 Å². The summed E-state index contributed by atoms with van der Waals surface area (Å²) >= 11 is 0. The first-order valence-corrected chi connectivity index (χ1v) is 8.44. The second kappa shape index (κ2) is 6.19. The zero-order valence-electron chi connectivity index (χ0n) is 13.8. The van der Waals surface area contributed by atoms with Gasteiger partial charge in [0, 0.05) is 7.05 Å². The van der Waals surface area contributed by atoms with Gasteiger partial charge in [-0.25, -0.2) is 0 Å². The maximum Gasteiger partial charge on any atom is 0.231 e. The van der Waals surface area contributed by atoms with Gasteiger partial charge in [0.05, 0.1) is 12.5 Å². The number of ether oxygens (including phenoxy) is 2. The Morgan fingerprint density at radius 3 is 2.92 bits per heavy atom. The van der Waals surface area contributed by atoms with E-state index in [2.05, 4.69) is 24.3 Å². The third kappa shape index (κ3) is 2.73. The molecule has 4 heteroatoms. The highest BCUT2D eigenvalue weighted by Crippen LogP contribution is 2.35. The van der Waals surface area contributed by atoms with E-state index in [9.17, 15) is 4.79 Å². The molecular weight excluding hydrogens is 302 g/mol. The van der Waals surface area contributed by atoms with Crippen molar-refractivity contribution in [2.24, 2.45) is 0 Å². The number of hydrogen-bond donors (Lipinski definition) is 0. The number of carbonyl (C=O) groups is 1. The third-order valence-corrected chi connectivity index (χ3v) is 4.99. The molecule has 24 heavy (non-hydrogen) atoms. The number of aryl methyl sites for hydroxylation is 1. The molecule has 0 unspecified atom stereocenters. The molecule has 0 spiro atoms. The van der Waals surface area contributed by atoms with E-state index in [0.717, 1.165) is 36.3 Å². The average Bonchev–Trinajstić information content (AvgIpc) is 3.08. The lowest BCUT2D eigenvalue weighted by Gasteiger charge is -2.33.